The molecule has 0 spiro atoms. The van der Waals surface area contributed by atoms with E-state index in [1.165, 1.54) is 17.7 Å². The van der Waals surface area contributed by atoms with Crippen molar-refractivity contribution in [2.24, 2.45) is 0 Å². The molecule has 0 bridgehead atoms. The van der Waals surface area contributed by atoms with E-state index in [9.17, 15) is 4.79 Å². The zero-order valence-electron chi connectivity index (χ0n) is 9.66. The van der Waals surface area contributed by atoms with E-state index in [1.54, 1.807) is 0 Å². The number of nitrogens with one attached hydrogen (secondary N) is 2. The van der Waals surface area contributed by atoms with Gasteiger partial charge in [0.15, 0.2) is 0 Å². The third-order valence-electron chi connectivity index (χ3n) is 3.52. The van der Waals surface area contributed by atoms with Crippen molar-refractivity contribution in [1.29, 1.82) is 0 Å². The molecule has 1 amide bonds. The predicted molar refractivity (Wildman–Crippen MR) is 71.0 cm³/mol. The van der Waals surface area contributed by atoms with Gasteiger partial charge in [-0.1, -0.05) is 0 Å². The number of benzene rings is 1. The fourth-order valence-electron chi connectivity index (χ4n) is 2.27. The van der Waals surface area contributed by atoms with Crippen LogP contribution < -0.4 is 10.6 Å². The standard InChI is InChI=1S/C13H16N2O.ClH/c16-13(15-11-2-1-3-11)10-4-5-12-9(8-10)6-7-14-12;/h4-5,8,11,14H,1-3,6-7H2,(H,15,16);1H. The highest BCUT2D eigenvalue weighted by molar-refractivity contribution is 5.95. The minimum Gasteiger partial charge on any atom is -0.384 e. The van der Waals surface area contributed by atoms with Crippen molar-refractivity contribution in [3.8, 4) is 0 Å². The summed E-state index contributed by atoms with van der Waals surface area (Å²) >= 11 is 0. The summed E-state index contributed by atoms with van der Waals surface area (Å²) in [6.07, 6.45) is 4.55. The molecule has 1 heterocycles. The maximum atomic E-state index is 11.9. The lowest BCUT2D eigenvalue weighted by atomic mass is 9.93. The van der Waals surface area contributed by atoms with E-state index in [0.29, 0.717) is 6.04 Å². The summed E-state index contributed by atoms with van der Waals surface area (Å²) < 4.78 is 0. The first kappa shape index (κ1) is 12.2. The molecule has 3 nitrogen and oxygen atoms in total. The summed E-state index contributed by atoms with van der Waals surface area (Å²) in [4.78, 5) is 11.9. The van der Waals surface area contributed by atoms with Gasteiger partial charge in [0.1, 0.15) is 0 Å². The quantitative estimate of drug-likeness (QED) is 0.849. The second-order valence-corrected chi connectivity index (χ2v) is 4.65. The largest absolute Gasteiger partial charge is 0.384 e. The molecule has 1 aromatic rings. The first-order valence-corrected chi connectivity index (χ1v) is 6.00. The Balaban J connectivity index is 0.00000108. The Bertz CT molecular complexity index is 429. The van der Waals surface area contributed by atoms with E-state index in [2.05, 4.69) is 10.6 Å². The van der Waals surface area contributed by atoms with E-state index in [0.717, 1.165) is 31.4 Å². The van der Waals surface area contributed by atoms with Crippen molar-refractivity contribution in [3.63, 3.8) is 0 Å². The summed E-state index contributed by atoms with van der Waals surface area (Å²) in [5.74, 6) is 0.0828. The number of rotatable bonds is 2. The Morgan fingerprint density at radius 2 is 2.18 bits per heavy atom. The summed E-state index contributed by atoms with van der Waals surface area (Å²) in [6.45, 7) is 0.989. The van der Waals surface area contributed by atoms with Gasteiger partial charge in [-0.3, -0.25) is 4.79 Å². The van der Waals surface area contributed by atoms with Gasteiger partial charge in [-0.25, -0.2) is 0 Å². The molecule has 0 saturated heterocycles. The van der Waals surface area contributed by atoms with E-state index >= 15 is 0 Å². The molecule has 0 aromatic heterocycles. The number of hydrogen-bond donors (Lipinski definition) is 2. The van der Waals surface area contributed by atoms with Crippen molar-refractivity contribution >= 4 is 24.0 Å². The van der Waals surface area contributed by atoms with Crippen LogP contribution in [-0.4, -0.2) is 18.5 Å². The van der Waals surface area contributed by atoms with Gasteiger partial charge in [0, 0.05) is 23.8 Å². The average Bonchev–Trinajstić information content (AvgIpc) is 2.69. The highest BCUT2D eigenvalue weighted by Gasteiger charge is 2.20. The number of carbonyl (C=O) groups excluding carboxylic acids is 1. The highest BCUT2D eigenvalue weighted by atomic mass is 35.5. The Morgan fingerprint density at radius 1 is 1.35 bits per heavy atom. The minimum absolute atomic E-state index is 0. The van der Waals surface area contributed by atoms with E-state index < -0.39 is 0 Å². The number of hydrogen-bond acceptors (Lipinski definition) is 2. The van der Waals surface area contributed by atoms with Gasteiger partial charge in [0.05, 0.1) is 0 Å². The fraction of sp³-hybridized carbons (Fsp3) is 0.462. The molecular weight excluding hydrogens is 236 g/mol. The number of fused-ring (bicyclic) bond motifs is 1. The van der Waals surface area contributed by atoms with Gasteiger partial charge in [0.25, 0.3) is 5.91 Å². The van der Waals surface area contributed by atoms with Crippen LogP contribution in [0.4, 0.5) is 5.69 Å². The van der Waals surface area contributed by atoms with E-state index in [1.807, 2.05) is 18.2 Å². The van der Waals surface area contributed by atoms with Crippen LogP contribution in [0.2, 0.25) is 0 Å². The minimum atomic E-state index is 0. The van der Waals surface area contributed by atoms with Gasteiger partial charge in [-0.2, -0.15) is 0 Å². The zero-order chi connectivity index (χ0) is 11.0. The van der Waals surface area contributed by atoms with Gasteiger partial charge >= 0.3 is 0 Å². The first-order chi connectivity index (χ1) is 7.83. The molecule has 0 atom stereocenters. The molecule has 17 heavy (non-hydrogen) atoms. The second kappa shape index (κ2) is 4.96. The van der Waals surface area contributed by atoms with Gasteiger partial charge in [-0.05, 0) is 49.4 Å². The van der Waals surface area contributed by atoms with Gasteiger partial charge < -0.3 is 10.6 Å². The SMILES string of the molecule is Cl.O=C(NC1CCC1)c1ccc2c(c1)CCN2. The molecule has 4 heteroatoms. The van der Waals surface area contributed by atoms with Crippen molar-refractivity contribution in [2.45, 2.75) is 31.7 Å². The lowest BCUT2D eigenvalue weighted by Crippen LogP contribution is -2.39. The Hall–Kier alpha value is -1.22. The molecule has 1 aliphatic carbocycles. The average molecular weight is 253 g/mol. The summed E-state index contributed by atoms with van der Waals surface area (Å²) in [6, 6.07) is 6.35. The number of anilines is 1. The zero-order valence-corrected chi connectivity index (χ0v) is 10.5. The Morgan fingerprint density at radius 3 is 2.88 bits per heavy atom. The van der Waals surface area contributed by atoms with Crippen LogP contribution in [0.1, 0.15) is 35.2 Å². The molecule has 3 rings (SSSR count). The van der Waals surface area contributed by atoms with Crippen molar-refractivity contribution in [2.75, 3.05) is 11.9 Å². The normalized spacial score (nSPS) is 17.4. The molecule has 0 unspecified atom stereocenters. The summed E-state index contributed by atoms with van der Waals surface area (Å²) in [5, 5.41) is 6.36. The maximum Gasteiger partial charge on any atom is 0.251 e. The molecule has 1 aliphatic heterocycles. The Kier molecular flexibility index (Phi) is 3.57. The molecule has 2 N–H and O–H groups in total. The van der Waals surface area contributed by atoms with Crippen molar-refractivity contribution in [1.82, 2.24) is 5.32 Å². The maximum absolute atomic E-state index is 11.9. The molecule has 2 aliphatic rings. The lowest BCUT2D eigenvalue weighted by molar-refractivity contribution is 0.0917. The summed E-state index contributed by atoms with van der Waals surface area (Å²) in [5.41, 5.74) is 3.25. The van der Waals surface area contributed by atoms with Crippen LogP contribution in [-0.2, 0) is 6.42 Å². The van der Waals surface area contributed by atoms with Crippen molar-refractivity contribution < 1.29 is 4.79 Å². The third-order valence-corrected chi connectivity index (χ3v) is 3.52. The summed E-state index contributed by atoms with van der Waals surface area (Å²) in [7, 11) is 0. The van der Waals surface area contributed by atoms with Crippen LogP contribution >= 0.6 is 12.4 Å². The van der Waals surface area contributed by atoms with Crippen LogP contribution in [0.3, 0.4) is 0 Å². The van der Waals surface area contributed by atoms with Gasteiger partial charge in [-0.15, -0.1) is 12.4 Å². The number of halogens is 1. The van der Waals surface area contributed by atoms with Crippen LogP contribution in [0.5, 0.6) is 0 Å². The third kappa shape index (κ3) is 2.39. The second-order valence-electron chi connectivity index (χ2n) is 4.65. The molecule has 0 radical (unpaired) electrons. The van der Waals surface area contributed by atoms with Crippen LogP contribution in [0.15, 0.2) is 18.2 Å². The highest BCUT2D eigenvalue weighted by Crippen LogP contribution is 2.24. The smallest absolute Gasteiger partial charge is 0.251 e. The molecule has 1 saturated carbocycles. The topological polar surface area (TPSA) is 41.1 Å². The first-order valence-electron chi connectivity index (χ1n) is 6.00. The molecular formula is C13H17ClN2O. The van der Waals surface area contributed by atoms with Crippen LogP contribution in [0.25, 0.3) is 0 Å². The lowest BCUT2D eigenvalue weighted by Gasteiger charge is -2.26. The Labute approximate surface area is 107 Å². The monoisotopic (exact) mass is 252 g/mol. The predicted octanol–water partition coefficient (Wildman–Crippen LogP) is 2.36. The van der Waals surface area contributed by atoms with Gasteiger partial charge in [0.2, 0.25) is 0 Å². The van der Waals surface area contributed by atoms with Crippen LogP contribution in [0, 0.1) is 0 Å². The van der Waals surface area contributed by atoms with E-state index in [-0.39, 0.29) is 18.3 Å². The number of amides is 1. The fourth-order valence-corrected chi connectivity index (χ4v) is 2.27. The molecule has 1 fully saturated rings. The molecule has 1 aromatic carbocycles. The van der Waals surface area contributed by atoms with E-state index in [4.69, 9.17) is 0 Å². The van der Waals surface area contributed by atoms with Crippen molar-refractivity contribution in [3.05, 3.63) is 29.3 Å². The number of carbonyl (C=O) groups is 1. The molecule has 92 valence electrons.